The molecule has 8 heteroatoms. The van der Waals surface area contributed by atoms with Gasteiger partial charge in [0.2, 0.25) is 0 Å². The Bertz CT molecular complexity index is 1040. The zero-order chi connectivity index (χ0) is 22.0. The van der Waals surface area contributed by atoms with E-state index in [0.29, 0.717) is 30.5 Å². The molecule has 7 nitrogen and oxygen atoms in total. The highest BCUT2D eigenvalue weighted by Crippen LogP contribution is 2.33. The summed E-state index contributed by atoms with van der Waals surface area (Å²) < 4.78 is 14.1. The van der Waals surface area contributed by atoms with Crippen molar-refractivity contribution in [3.8, 4) is 22.8 Å². The Kier molecular flexibility index (Phi) is 6.31. The summed E-state index contributed by atoms with van der Waals surface area (Å²) in [5.74, 6) is 1.51. The topological polar surface area (TPSA) is 72.6 Å². The second-order valence-electron chi connectivity index (χ2n) is 9.69. The summed E-state index contributed by atoms with van der Waals surface area (Å²) in [6.07, 6.45) is 1.96. The highest BCUT2D eigenvalue weighted by Gasteiger charge is 2.24. The summed E-state index contributed by atoms with van der Waals surface area (Å²) in [4.78, 5) is 2.28. The minimum atomic E-state index is -1.14. The Morgan fingerprint density at radius 3 is 2.65 bits per heavy atom. The highest BCUT2D eigenvalue weighted by atomic mass is 28.3. The van der Waals surface area contributed by atoms with Gasteiger partial charge in [-0.15, -0.1) is 10.2 Å². The van der Waals surface area contributed by atoms with Gasteiger partial charge in [0.25, 0.3) is 0 Å². The lowest BCUT2D eigenvalue weighted by atomic mass is 10.0. The predicted octanol–water partition coefficient (Wildman–Crippen LogP) is 4.06. The number of phenols is 1. The maximum atomic E-state index is 10.2. The number of benzene rings is 1. The molecular formula is C23H32N4O3Si. The van der Waals surface area contributed by atoms with Crippen molar-refractivity contribution in [1.82, 2.24) is 19.7 Å². The molecule has 1 aliphatic heterocycles. The standard InChI is InChI=1S/C23H32N4O3Si/c1-26-12-17(13-26)15-30-22-14-27(16-29-9-10-31(2,3)4)23-19(22)11-20(24-25-23)18-7-5-6-8-21(18)28/h5-8,11,14,17,28H,9-10,12-13,15-16H2,1-4H3. The monoisotopic (exact) mass is 440 g/mol. The molecule has 0 aliphatic carbocycles. The summed E-state index contributed by atoms with van der Waals surface area (Å²) in [5, 5.41) is 20.0. The van der Waals surface area contributed by atoms with Gasteiger partial charge in [0.1, 0.15) is 18.2 Å². The van der Waals surface area contributed by atoms with Crippen LogP contribution in [0.1, 0.15) is 0 Å². The Hall–Kier alpha value is -2.42. The molecule has 166 valence electrons. The summed E-state index contributed by atoms with van der Waals surface area (Å²) in [6, 6.07) is 10.2. The molecule has 0 unspecified atom stereocenters. The van der Waals surface area contributed by atoms with Gasteiger partial charge in [0.05, 0.1) is 23.9 Å². The minimum absolute atomic E-state index is 0.185. The summed E-state index contributed by atoms with van der Waals surface area (Å²) in [5.41, 5.74) is 2.01. The number of rotatable bonds is 9. The number of phenolic OH excluding ortho intramolecular Hbond substituents is 1. The van der Waals surface area contributed by atoms with Crippen LogP contribution in [0.2, 0.25) is 25.7 Å². The van der Waals surface area contributed by atoms with Crippen molar-refractivity contribution in [2.24, 2.45) is 5.92 Å². The lowest BCUT2D eigenvalue weighted by Gasteiger charge is -2.35. The summed E-state index contributed by atoms with van der Waals surface area (Å²) in [7, 11) is 0.982. The van der Waals surface area contributed by atoms with E-state index in [2.05, 4.69) is 41.8 Å². The van der Waals surface area contributed by atoms with Crippen LogP contribution >= 0.6 is 0 Å². The molecule has 0 radical (unpaired) electrons. The first-order valence-corrected chi connectivity index (χ1v) is 14.5. The SMILES string of the molecule is CN1CC(COc2cn(COCC[Si](C)(C)C)c3nnc(-c4ccccc4O)cc23)C1. The molecule has 1 saturated heterocycles. The van der Waals surface area contributed by atoms with E-state index >= 15 is 0 Å². The minimum Gasteiger partial charge on any atom is -0.507 e. The Labute approximate surface area is 184 Å². The van der Waals surface area contributed by atoms with E-state index in [0.717, 1.165) is 42.5 Å². The first-order valence-electron chi connectivity index (χ1n) is 10.8. The zero-order valence-electron chi connectivity index (χ0n) is 18.8. The molecule has 1 aliphatic rings. The molecule has 31 heavy (non-hydrogen) atoms. The fraction of sp³-hybridized carbons (Fsp3) is 0.478. The van der Waals surface area contributed by atoms with Gasteiger partial charge in [0, 0.05) is 39.3 Å². The number of aromatic nitrogens is 3. The molecule has 3 heterocycles. The highest BCUT2D eigenvalue weighted by molar-refractivity contribution is 6.76. The maximum absolute atomic E-state index is 10.2. The number of hydrogen-bond acceptors (Lipinski definition) is 6. The smallest absolute Gasteiger partial charge is 0.168 e. The molecule has 1 N–H and O–H groups in total. The van der Waals surface area contributed by atoms with Gasteiger partial charge in [-0.1, -0.05) is 31.8 Å². The fourth-order valence-corrected chi connectivity index (χ4v) is 4.53. The van der Waals surface area contributed by atoms with E-state index in [9.17, 15) is 5.11 Å². The molecule has 0 saturated carbocycles. The van der Waals surface area contributed by atoms with E-state index in [-0.39, 0.29) is 5.75 Å². The molecule has 1 aromatic carbocycles. The first-order chi connectivity index (χ1) is 14.8. The number of ether oxygens (including phenoxy) is 2. The number of likely N-dealkylation sites (tertiary alicyclic amines) is 1. The van der Waals surface area contributed by atoms with E-state index in [1.54, 1.807) is 12.1 Å². The van der Waals surface area contributed by atoms with Crippen molar-refractivity contribution in [3.05, 3.63) is 36.5 Å². The van der Waals surface area contributed by atoms with Crippen molar-refractivity contribution in [2.75, 3.05) is 33.4 Å². The summed E-state index contributed by atoms with van der Waals surface area (Å²) >= 11 is 0. The third kappa shape index (κ3) is 5.26. The van der Waals surface area contributed by atoms with Crippen molar-refractivity contribution in [2.45, 2.75) is 32.4 Å². The van der Waals surface area contributed by atoms with Gasteiger partial charge in [-0.05, 0) is 31.3 Å². The molecule has 0 amide bonds. The van der Waals surface area contributed by atoms with Gasteiger partial charge < -0.3 is 24.0 Å². The zero-order valence-corrected chi connectivity index (χ0v) is 19.8. The van der Waals surface area contributed by atoms with Crippen LogP contribution < -0.4 is 4.74 Å². The molecule has 2 aromatic heterocycles. The largest absolute Gasteiger partial charge is 0.507 e. The Balaban J connectivity index is 1.58. The van der Waals surface area contributed by atoms with Crippen LogP contribution in [0, 0.1) is 5.92 Å². The third-order valence-corrected chi connectivity index (χ3v) is 7.31. The van der Waals surface area contributed by atoms with Gasteiger partial charge in [-0.2, -0.15) is 0 Å². The Morgan fingerprint density at radius 2 is 1.94 bits per heavy atom. The fourth-order valence-electron chi connectivity index (χ4n) is 3.77. The molecule has 0 bridgehead atoms. The van der Waals surface area contributed by atoms with Crippen LogP contribution in [0.15, 0.2) is 36.5 Å². The third-order valence-electron chi connectivity index (χ3n) is 5.61. The predicted molar refractivity (Wildman–Crippen MR) is 125 cm³/mol. The van der Waals surface area contributed by atoms with Crippen molar-refractivity contribution in [3.63, 3.8) is 0 Å². The first kappa shape index (κ1) is 21.8. The van der Waals surface area contributed by atoms with Gasteiger partial charge in [0.15, 0.2) is 5.65 Å². The second-order valence-corrected chi connectivity index (χ2v) is 15.3. The molecular weight excluding hydrogens is 408 g/mol. The molecule has 3 aromatic rings. The molecule has 4 rings (SSSR count). The average molecular weight is 441 g/mol. The lowest BCUT2D eigenvalue weighted by Crippen LogP contribution is -2.46. The second kappa shape index (κ2) is 8.98. The molecule has 0 atom stereocenters. The lowest BCUT2D eigenvalue weighted by molar-refractivity contribution is 0.0830. The van der Waals surface area contributed by atoms with Crippen LogP contribution in [0.3, 0.4) is 0 Å². The molecule has 0 spiro atoms. The number of aromatic hydroxyl groups is 1. The number of nitrogens with zero attached hydrogens (tertiary/aromatic N) is 4. The van der Waals surface area contributed by atoms with Crippen LogP contribution in [0.4, 0.5) is 0 Å². The number of fused-ring (bicyclic) bond motifs is 1. The van der Waals surface area contributed by atoms with Crippen molar-refractivity contribution >= 4 is 19.1 Å². The van der Waals surface area contributed by atoms with E-state index in [1.807, 2.05) is 29.0 Å². The maximum Gasteiger partial charge on any atom is 0.168 e. The van der Waals surface area contributed by atoms with Crippen LogP contribution in [-0.4, -0.2) is 66.2 Å². The van der Waals surface area contributed by atoms with Gasteiger partial charge in [-0.3, -0.25) is 0 Å². The van der Waals surface area contributed by atoms with E-state index < -0.39 is 8.07 Å². The molecule has 1 fully saturated rings. The van der Waals surface area contributed by atoms with Gasteiger partial charge in [-0.25, -0.2) is 0 Å². The van der Waals surface area contributed by atoms with Gasteiger partial charge >= 0.3 is 0 Å². The quantitative estimate of drug-likeness (QED) is 0.400. The van der Waals surface area contributed by atoms with Crippen LogP contribution in [0.25, 0.3) is 22.3 Å². The van der Waals surface area contributed by atoms with Crippen molar-refractivity contribution in [1.29, 1.82) is 0 Å². The average Bonchev–Trinajstić information content (AvgIpc) is 3.04. The summed E-state index contributed by atoms with van der Waals surface area (Å²) in [6.45, 7) is 11.0. The normalized spacial score (nSPS) is 15.4. The van der Waals surface area contributed by atoms with Crippen molar-refractivity contribution < 1.29 is 14.6 Å². The van der Waals surface area contributed by atoms with Crippen LogP contribution in [0.5, 0.6) is 11.5 Å². The number of para-hydroxylation sites is 1. The van der Waals surface area contributed by atoms with E-state index in [4.69, 9.17) is 9.47 Å². The Morgan fingerprint density at radius 1 is 1.16 bits per heavy atom. The number of hydrogen-bond donors (Lipinski definition) is 1. The van der Waals surface area contributed by atoms with E-state index in [1.165, 1.54) is 0 Å². The van der Waals surface area contributed by atoms with Crippen LogP contribution in [-0.2, 0) is 11.5 Å².